The van der Waals surface area contributed by atoms with Crippen LogP contribution in [0.4, 0.5) is 0 Å². The number of likely N-dealkylation sites (N-methyl/N-ethyl adjacent to an activating group) is 1. The molecule has 96 valence electrons. The Morgan fingerprint density at radius 2 is 2.19 bits per heavy atom. The molecule has 1 aliphatic heterocycles. The molecule has 3 N–H and O–H groups in total. The Balaban J connectivity index is 2.42. The molecular weight excluding hydrogens is 202 g/mol. The maximum atomic E-state index is 9.97. The molecule has 3 atom stereocenters. The van der Waals surface area contributed by atoms with Gasteiger partial charge < -0.3 is 15.7 Å². The van der Waals surface area contributed by atoms with E-state index in [0.717, 1.165) is 19.5 Å². The number of nitrogens with zero attached hydrogens (tertiary/aromatic N) is 2. The van der Waals surface area contributed by atoms with Crippen LogP contribution in [0.2, 0.25) is 0 Å². The number of likely N-dealkylation sites (tertiary alicyclic amines) is 1. The van der Waals surface area contributed by atoms with Crippen LogP contribution in [0.1, 0.15) is 26.7 Å². The maximum Gasteiger partial charge on any atom is 0.0756 e. The summed E-state index contributed by atoms with van der Waals surface area (Å²) in [7, 11) is 4.27. The zero-order valence-corrected chi connectivity index (χ0v) is 11.1. The Morgan fingerprint density at radius 3 is 2.62 bits per heavy atom. The summed E-state index contributed by atoms with van der Waals surface area (Å²) in [5.74, 6) is 0. The zero-order valence-electron chi connectivity index (χ0n) is 11.1. The van der Waals surface area contributed by atoms with Crippen LogP contribution in [0.25, 0.3) is 0 Å². The van der Waals surface area contributed by atoms with Gasteiger partial charge in [0.2, 0.25) is 0 Å². The van der Waals surface area contributed by atoms with E-state index in [1.807, 2.05) is 6.92 Å². The minimum atomic E-state index is -0.727. The van der Waals surface area contributed by atoms with Gasteiger partial charge in [0.1, 0.15) is 0 Å². The van der Waals surface area contributed by atoms with Gasteiger partial charge in [-0.2, -0.15) is 0 Å². The van der Waals surface area contributed by atoms with E-state index >= 15 is 0 Å². The lowest BCUT2D eigenvalue weighted by Gasteiger charge is -2.31. The van der Waals surface area contributed by atoms with Crippen LogP contribution in [-0.4, -0.2) is 66.3 Å². The third kappa shape index (κ3) is 3.70. The first-order chi connectivity index (χ1) is 7.35. The van der Waals surface area contributed by atoms with E-state index in [2.05, 4.69) is 30.8 Å². The second-order valence-corrected chi connectivity index (χ2v) is 5.66. The van der Waals surface area contributed by atoms with E-state index in [4.69, 9.17) is 5.73 Å². The van der Waals surface area contributed by atoms with Crippen molar-refractivity contribution in [3.05, 3.63) is 0 Å². The predicted octanol–water partition coefficient (Wildman–Crippen LogP) is 0.111. The van der Waals surface area contributed by atoms with E-state index < -0.39 is 5.60 Å². The summed E-state index contributed by atoms with van der Waals surface area (Å²) in [5.41, 5.74) is 4.83. The van der Waals surface area contributed by atoms with Crippen LogP contribution in [0, 0.1) is 0 Å². The van der Waals surface area contributed by atoms with Gasteiger partial charge in [0.15, 0.2) is 0 Å². The third-order valence-corrected chi connectivity index (χ3v) is 3.72. The summed E-state index contributed by atoms with van der Waals surface area (Å²) in [6.07, 6.45) is 1.98. The van der Waals surface area contributed by atoms with Gasteiger partial charge in [-0.15, -0.1) is 0 Å². The first-order valence-electron chi connectivity index (χ1n) is 6.18. The molecule has 1 heterocycles. The summed E-state index contributed by atoms with van der Waals surface area (Å²) in [4.78, 5) is 4.74. The molecule has 16 heavy (non-hydrogen) atoms. The number of hydrogen-bond acceptors (Lipinski definition) is 4. The van der Waals surface area contributed by atoms with Crippen LogP contribution < -0.4 is 5.73 Å². The van der Waals surface area contributed by atoms with Crippen molar-refractivity contribution in [1.29, 1.82) is 0 Å². The van der Waals surface area contributed by atoms with E-state index in [9.17, 15) is 5.11 Å². The minimum Gasteiger partial charge on any atom is -0.389 e. The van der Waals surface area contributed by atoms with Crippen LogP contribution in [0.15, 0.2) is 0 Å². The molecule has 0 aliphatic carbocycles. The fraction of sp³-hybridized carbons (Fsp3) is 1.00. The van der Waals surface area contributed by atoms with Gasteiger partial charge in [0.25, 0.3) is 0 Å². The van der Waals surface area contributed by atoms with E-state index in [1.54, 1.807) is 0 Å². The van der Waals surface area contributed by atoms with Crippen molar-refractivity contribution in [3.8, 4) is 0 Å². The molecule has 0 saturated carbocycles. The molecule has 0 spiro atoms. The largest absolute Gasteiger partial charge is 0.389 e. The molecule has 1 rings (SSSR count). The Kier molecular flexibility index (Phi) is 4.73. The van der Waals surface area contributed by atoms with Crippen molar-refractivity contribution >= 4 is 0 Å². The molecule has 1 aliphatic rings. The standard InChI is InChI=1S/C12H27N3O/c1-10(7-12(2,16)9-13)15-6-5-11(8-15)14(3)4/h10-11,16H,5-9,13H2,1-4H3. The molecule has 0 radical (unpaired) electrons. The lowest BCUT2D eigenvalue weighted by molar-refractivity contribution is 0.0322. The first-order valence-corrected chi connectivity index (χ1v) is 6.18. The van der Waals surface area contributed by atoms with Crippen molar-refractivity contribution in [2.45, 2.75) is 44.4 Å². The second-order valence-electron chi connectivity index (χ2n) is 5.66. The van der Waals surface area contributed by atoms with Crippen LogP contribution in [0.3, 0.4) is 0 Å². The molecule has 0 amide bonds. The SMILES string of the molecule is CC(CC(C)(O)CN)N1CCC(N(C)C)C1. The van der Waals surface area contributed by atoms with Crippen molar-refractivity contribution in [3.63, 3.8) is 0 Å². The molecule has 4 nitrogen and oxygen atoms in total. The molecule has 0 bridgehead atoms. The van der Waals surface area contributed by atoms with Crippen molar-refractivity contribution in [2.24, 2.45) is 5.73 Å². The summed E-state index contributed by atoms with van der Waals surface area (Å²) in [6, 6.07) is 1.06. The third-order valence-electron chi connectivity index (χ3n) is 3.72. The van der Waals surface area contributed by atoms with Crippen molar-refractivity contribution < 1.29 is 5.11 Å². The quantitative estimate of drug-likeness (QED) is 0.702. The number of aliphatic hydroxyl groups is 1. The normalized spacial score (nSPS) is 28.3. The van der Waals surface area contributed by atoms with Gasteiger partial charge in [0, 0.05) is 31.7 Å². The van der Waals surface area contributed by atoms with Crippen molar-refractivity contribution in [2.75, 3.05) is 33.7 Å². The summed E-state index contributed by atoms with van der Waals surface area (Å²) >= 11 is 0. The number of nitrogens with two attached hydrogens (primary N) is 1. The Labute approximate surface area is 99.4 Å². The average molecular weight is 229 g/mol. The number of hydrogen-bond donors (Lipinski definition) is 2. The molecule has 4 heteroatoms. The lowest BCUT2D eigenvalue weighted by Crippen LogP contribution is -2.43. The zero-order chi connectivity index (χ0) is 12.3. The molecule has 1 saturated heterocycles. The van der Waals surface area contributed by atoms with Gasteiger partial charge in [-0.25, -0.2) is 0 Å². The summed E-state index contributed by atoms with van der Waals surface area (Å²) in [6.45, 7) is 6.58. The van der Waals surface area contributed by atoms with E-state index in [1.165, 1.54) is 6.42 Å². The molecule has 0 aromatic heterocycles. The fourth-order valence-corrected chi connectivity index (χ4v) is 2.44. The molecule has 0 aromatic rings. The monoisotopic (exact) mass is 229 g/mol. The maximum absolute atomic E-state index is 9.97. The Morgan fingerprint density at radius 1 is 1.56 bits per heavy atom. The Bertz CT molecular complexity index is 218. The highest BCUT2D eigenvalue weighted by molar-refractivity contribution is 4.87. The van der Waals surface area contributed by atoms with Gasteiger partial charge in [-0.05, 0) is 40.8 Å². The fourth-order valence-electron chi connectivity index (χ4n) is 2.44. The van der Waals surface area contributed by atoms with Gasteiger partial charge >= 0.3 is 0 Å². The Hall–Kier alpha value is -0.160. The predicted molar refractivity (Wildman–Crippen MR) is 67.4 cm³/mol. The van der Waals surface area contributed by atoms with Crippen LogP contribution >= 0.6 is 0 Å². The van der Waals surface area contributed by atoms with E-state index in [-0.39, 0.29) is 0 Å². The van der Waals surface area contributed by atoms with Crippen LogP contribution in [0.5, 0.6) is 0 Å². The highest BCUT2D eigenvalue weighted by Gasteiger charge is 2.30. The van der Waals surface area contributed by atoms with Crippen LogP contribution in [-0.2, 0) is 0 Å². The van der Waals surface area contributed by atoms with Gasteiger partial charge in [-0.3, -0.25) is 4.90 Å². The van der Waals surface area contributed by atoms with Crippen molar-refractivity contribution in [1.82, 2.24) is 9.80 Å². The van der Waals surface area contributed by atoms with E-state index in [0.29, 0.717) is 18.6 Å². The molecule has 3 unspecified atom stereocenters. The topological polar surface area (TPSA) is 52.7 Å². The average Bonchev–Trinajstić information content (AvgIpc) is 2.66. The number of rotatable bonds is 5. The summed E-state index contributed by atoms with van der Waals surface area (Å²) in [5, 5.41) is 9.97. The smallest absolute Gasteiger partial charge is 0.0756 e. The van der Waals surface area contributed by atoms with Gasteiger partial charge in [-0.1, -0.05) is 0 Å². The van der Waals surface area contributed by atoms with Gasteiger partial charge in [0.05, 0.1) is 5.60 Å². The lowest BCUT2D eigenvalue weighted by atomic mass is 9.97. The first kappa shape index (κ1) is 13.9. The molecule has 1 fully saturated rings. The molecule has 0 aromatic carbocycles. The highest BCUT2D eigenvalue weighted by Crippen LogP contribution is 2.21. The summed E-state index contributed by atoms with van der Waals surface area (Å²) < 4.78 is 0. The second kappa shape index (κ2) is 5.45. The molecular formula is C12H27N3O. The minimum absolute atomic E-state index is 0.336. The highest BCUT2D eigenvalue weighted by atomic mass is 16.3.